The maximum atomic E-state index is 13.2. The molecule has 0 aromatic carbocycles. The fraction of sp³-hybridized carbons (Fsp3) is 0.692. The molecule has 2 saturated carbocycles. The first-order valence-electron chi connectivity index (χ1n) is 11.9. The van der Waals surface area contributed by atoms with Crippen LogP contribution in [-0.4, -0.2) is 63.4 Å². The summed E-state index contributed by atoms with van der Waals surface area (Å²) >= 11 is 0. The highest BCUT2D eigenvalue weighted by Crippen LogP contribution is 2.77. The molecule has 0 radical (unpaired) electrons. The minimum Gasteiger partial charge on any atom is -0.461 e. The molecule has 4 aliphatic rings. The van der Waals surface area contributed by atoms with Crippen molar-refractivity contribution >= 4 is 23.7 Å². The third-order valence-corrected chi connectivity index (χ3v) is 8.82. The first-order chi connectivity index (χ1) is 16.0. The van der Waals surface area contributed by atoms with E-state index >= 15 is 0 Å². The van der Waals surface area contributed by atoms with E-state index < -0.39 is 75.7 Å². The van der Waals surface area contributed by atoms with Gasteiger partial charge in [-0.05, 0) is 18.1 Å². The molecule has 0 aromatic heterocycles. The molecule has 0 saturated heterocycles. The van der Waals surface area contributed by atoms with Crippen LogP contribution in [0.1, 0.15) is 56.3 Å². The largest absolute Gasteiger partial charge is 0.461 e. The molecule has 9 heteroatoms. The number of hydrogen-bond acceptors (Lipinski definition) is 9. The highest BCUT2D eigenvalue weighted by Gasteiger charge is 2.87. The van der Waals surface area contributed by atoms with E-state index in [1.165, 1.54) is 20.8 Å². The van der Waals surface area contributed by atoms with Gasteiger partial charge in [-0.3, -0.25) is 19.2 Å². The van der Waals surface area contributed by atoms with Gasteiger partial charge in [0, 0.05) is 57.7 Å². The Kier molecular flexibility index (Phi) is 5.65. The van der Waals surface area contributed by atoms with Crippen molar-refractivity contribution in [1.29, 1.82) is 0 Å². The molecular formula is C26H36O9. The highest BCUT2D eigenvalue weighted by molar-refractivity contribution is 6.04. The summed E-state index contributed by atoms with van der Waals surface area (Å²) in [4.78, 5) is 49.1. The third kappa shape index (κ3) is 3.27. The first kappa shape index (κ1) is 25.6. The van der Waals surface area contributed by atoms with Gasteiger partial charge in [0.2, 0.25) is 0 Å². The number of Topliss-reactive ketones (excluding diaryl/α,β-unsaturated/α-hetero) is 1. The predicted molar refractivity (Wildman–Crippen MR) is 124 cm³/mol. The Labute approximate surface area is 206 Å². The second-order valence-electron chi connectivity index (χ2n) is 11.2. The summed E-state index contributed by atoms with van der Waals surface area (Å²) in [5.74, 6) is -5.20. The van der Waals surface area contributed by atoms with Gasteiger partial charge < -0.3 is 24.4 Å². The summed E-state index contributed by atoms with van der Waals surface area (Å²) in [7, 11) is 0. The number of hydrogen-bond donors (Lipinski definition) is 2. The third-order valence-electron chi connectivity index (χ3n) is 8.82. The molecule has 35 heavy (non-hydrogen) atoms. The minimum atomic E-state index is -1.96. The van der Waals surface area contributed by atoms with E-state index in [1.54, 1.807) is 26.0 Å². The van der Waals surface area contributed by atoms with E-state index in [1.807, 2.05) is 13.8 Å². The van der Waals surface area contributed by atoms with Crippen molar-refractivity contribution in [1.82, 2.24) is 0 Å². The van der Waals surface area contributed by atoms with Crippen LogP contribution in [0.4, 0.5) is 0 Å². The van der Waals surface area contributed by atoms with Gasteiger partial charge in [-0.15, -0.1) is 0 Å². The molecule has 0 bridgehead atoms. The van der Waals surface area contributed by atoms with E-state index in [4.69, 9.17) is 14.2 Å². The average molecular weight is 493 g/mol. The number of rotatable bonds is 4. The summed E-state index contributed by atoms with van der Waals surface area (Å²) in [5, 5.41) is 24.3. The van der Waals surface area contributed by atoms with Gasteiger partial charge in [-0.2, -0.15) is 0 Å². The Balaban J connectivity index is 0.00000361. The second kappa shape index (κ2) is 7.74. The highest BCUT2D eigenvalue weighted by atomic mass is 16.6. The van der Waals surface area contributed by atoms with Crippen molar-refractivity contribution in [3.63, 3.8) is 0 Å². The van der Waals surface area contributed by atoms with E-state index in [2.05, 4.69) is 0 Å². The van der Waals surface area contributed by atoms with Gasteiger partial charge in [0.05, 0.1) is 5.60 Å². The van der Waals surface area contributed by atoms with Crippen LogP contribution >= 0.6 is 0 Å². The molecular weight excluding hydrogens is 456 g/mol. The van der Waals surface area contributed by atoms with Crippen LogP contribution in [0.15, 0.2) is 23.3 Å². The molecule has 0 aromatic rings. The van der Waals surface area contributed by atoms with Crippen molar-refractivity contribution in [2.75, 3.05) is 6.61 Å². The fourth-order valence-corrected chi connectivity index (χ4v) is 7.43. The average Bonchev–Trinajstić information content (AvgIpc) is 3.15. The molecule has 0 amide bonds. The number of aliphatic hydroxyl groups is 2. The molecule has 0 aliphatic heterocycles. The SMILES string of the molecule is CC(=O)OCC1=C[C@H]2[C@@H]3C(C)(C)[C@]3(OC(C)=O)[C@H](OC(C)=O)[C@@H](C)[C@]2(O)C2C=C(C)C(=O)[C@@]2(O)C1.[HH]. The topological polar surface area (TPSA) is 136 Å². The lowest BCUT2D eigenvalue weighted by Crippen LogP contribution is -2.66. The molecule has 4 aliphatic carbocycles. The van der Waals surface area contributed by atoms with E-state index in [0.29, 0.717) is 11.1 Å². The summed E-state index contributed by atoms with van der Waals surface area (Å²) < 4.78 is 16.9. The number of fused-ring (bicyclic) bond motifs is 5. The first-order valence-corrected chi connectivity index (χ1v) is 11.9. The summed E-state index contributed by atoms with van der Waals surface area (Å²) in [6, 6.07) is 0. The standard InChI is InChI=1S/C26H34O9.H2/c1-12-8-19-24(31,21(12)30)10-17(11-33-14(3)27)9-18-20-23(6,7)26(20,35-16(5)29)22(34-15(4)28)13(2)25(18,19)32;/h8-9,13,18-20,22,31-32H,10-11H2,1-7H3;1H/t13-,18+,19?,20-,22-,24-,25-,26-;/m1./s1. The number of esters is 3. The molecule has 0 heterocycles. The Hall–Kier alpha value is -2.52. The minimum absolute atomic E-state index is 0. The Morgan fingerprint density at radius 3 is 2.26 bits per heavy atom. The normalized spacial score (nSPS) is 42.9. The van der Waals surface area contributed by atoms with Crippen molar-refractivity contribution in [2.24, 2.45) is 29.1 Å². The van der Waals surface area contributed by atoms with Crippen LogP contribution < -0.4 is 0 Å². The fourth-order valence-electron chi connectivity index (χ4n) is 7.43. The second-order valence-corrected chi connectivity index (χ2v) is 11.2. The van der Waals surface area contributed by atoms with Crippen molar-refractivity contribution in [2.45, 2.75) is 77.8 Å². The Morgan fingerprint density at radius 2 is 1.71 bits per heavy atom. The zero-order valence-electron chi connectivity index (χ0n) is 21.2. The Morgan fingerprint density at radius 1 is 1.09 bits per heavy atom. The van der Waals surface area contributed by atoms with Crippen molar-refractivity contribution < 1.29 is 45.0 Å². The van der Waals surface area contributed by atoms with E-state index in [9.17, 15) is 29.4 Å². The van der Waals surface area contributed by atoms with E-state index in [0.717, 1.165) is 0 Å². The molecule has 2 fully saturated rings. The number of ether oxygens (including phenoxy) is 3. The smallest absolute Gasteiger partial charge is 0.303 e. The van der Waals surface area contributed by atoms with Gasteiger partial charge in [-0.25, -0.2) is 0 Å². The van der Waals surface area contributed by atoms with Gasteiger partial charge in [0.1, 0.15) is 18.3 Å². The van der Waals surface area contributed by atoms with Crippen LogP contribution in [0, 0.1) is 29.1 Å². The number of carbonyl (C=O) groups excluding carboxylic acids is 4. The molecule has 194 valence electrons. The van der Waals surface area contributed by atoms with Crippen LogP contribution in [0.3, 0.4) is 0 Å². The molecule has 0 spiro atoms. The van der Waals surface area contributed by atoms with Gasteiger partial charge in [0.25, 0.3) is 0 Å². The summed E-state index contributed by atoms with van der Waals surface area (Å²) in [6.07, 6.45) is 2.21. The lowest BCUT2D eigenvalue weighted by molar-refractivity contribution is -0.227. The summed E-state index contributed by atoms with van der Waals surface area (Å²) in [6.45, 7) is 10.7. The van der Waals surface area contributed by atoms with Crippen LogP contribution in [0.25, 0.3) is 0 Å². The van der Waals surface area contributed by atoms with Crippen LogP contribution in [0.2, 0.25) is 0 Å². The van der Waals surface area contributed by atoms with Crippen LogP contribution in [0.5, 0.6) is 0 Å². The van der Waals surface area contributed by atoms with Gasteiger partial charge in [-0.1, -0.05) is 32.9 Å². The number of ketones is 1. The molecule has 2 N–H and O–H groups in total. The quantitative estimate of drug-likeness (QED) is 0.342. The molecule has 9 nitrogen and oxygen atoms in total. The van der Waals surface area contributed by atoms with Gasteiger partial charge >= 0.3 is 17.9 Å². The lowest BCUT2D eigenvalue weighted by Gasteiger charge is -2.53. The zero-order valence-corrected chi connectivity index (χ0v) is 21.2. The molecule has 8 atom stereocenters. The van der Waals surface area contributed by atoms with Crippen LogP contribution in [-0.2, 0) is 33.4 Å². The van der Waals surface area contributed by atoms with Crippen molar-refractivity contribution in [3.8, 4) is 0 Å². The molecule has 4 rings (SSSR count). The molecule has 1 unspecified atom stereocenters. The Bertz CT molecular complexity index is 1080. The maximum Gasteiger partial charge on any atom is 0.303 e. The number of carbonyl (C=O) groups is 4. The predicted octanol–water partition coefficient (Wildman–Crippen LogP) is 1.89. The lowest BCUT2D eigenvalue weighted by atomic mass is 9.59. The van der Waals surface area contributed by atoms with Crippen molar-refractivity contribution in [3.05, 3.63) is 23.3 Å². The summed E-state index contributed by atoms with van der Waals surface area (Å²) in [5.41, 5.74) is -4.82. The maximum absolute atomic E-state index is 13.2. The van der Waals surface area contributed by atoms with E-state index in [-0.39, 0.29) is 14.5 Å². The van der Waals surface area contributed by atoms with Gasteiger partial charge in [0.15, 0.2) is 11.4 Å². The zero-order chi connectivity index (χ0) is 26.3. The monoisotopic (exact) mass is 492 g/mol.